The standard InChI is InChI=1S/C17H19ClFN3O/c1-12-20-7-10-22(12)11-13-5-8-21(9-6-13)17(23)16-14(18)3-2-4-15(16)19/h2-4,7,10,13H,5-6,8-9,11H2,1H3. The molecule has 1 fully saturated rings. The summed E-state index contributed by atoms with van der Waals surface area (Å²) in [5, 5.41) is 0.172. The summed E-state index contributed by atoms with van der Waals surface area (Å²) in [7, 11) is 0. The SMILES string of the molecule is Cc1nccn1CC1CCN(C(=O)c2c(F)cccc2Cl)CC1. The average Bonchev–Trinajstić information content (AvgIpc) is 2.93. The van der Waals surface area contributed by atoms with Gasteiger partial charge in [0, 0.05) is 32.0 Å². The van der Waals surface area contributed by atoms with Crippen LogP contribution in [0.1, 0.15) is 29.0 Å². The number of hydrogen-bond acceptors (Lipinski definition) is 2. The van der Waals surface area contributed by atoms with Gasteiger partial charge in [0.2, 0.25) is 0 Å². The third kappa shape index (κ3) is 3.39. The Morgan fingerprint density at radius 3 is 2.74 bits per heavy atom. The van der Waals surface area contributed by atoms with Crippen LogP contribution in [0, 0.1) is 18.7 Å². The van der Waals surface area contributed by atoms with Crippen LogP contribution < -0.4 is 0 Å². The summed E-state index contributed by atoms with van der Waals surface area (Å²) in [4.78, 5) is 18.4. The largest absolute Gasteiger partial charge is 0.338 e. The van der Waals surface area contributed by atoms with Gasteiger partial charge in [-0.05, 0) is 37.8 Å². The third-order valence-electron chi connectivity index (χ3n) is 4.46. The van der Waals surface area contributed by atoms with E-state index in [1.807, 2.05) is 13.1 Å². The summed E-state index contributed by atoms with van der Waals surface area (Å²) in [5.74, 6) is 0.633. The van der Waals surface area contributed by atoms with E-state index in [0.29, 0.717) is 19.0 Å². The monoisotopic (exact) mass is 335 g/mol. The van der Waals surface area contributed by atoms with Crippen molar-refractivity contribution in [2.75, 3.05) is 13.1 Å². The third-order valence-corrected chi connectivity index (χ3v) is 4.77. The van der Waals surface area contributed by atoms with Crippen LogP contribution in [0.4, 0.5) is 4.39 Å². The molecule has 1 aromatic heterocycles. The van der Waals surface area contributed by atoms with E-state index in [1.54, 1.807) is 17.2 Å². The van der Waals surface area contributed by atoms with Gasteiger partial charge >= 0.3 is 0 Å². The molecule has 0 unspecified atom stereocenters. The van der Waals surface area contributed by atoms with Crippen LogP contribution in [0.3, 0.4) is 0 Å². The number of nitrogens with zero attached hydrogens (tertiary/aromatic N) is 3. The van der Waals surface area contributed by atoms with Crippen molar-refractivity contribution < 1.29 is 9.18 Å². The van der Waals surface area contributed by atoms with Crippen LogP contribution >= 0.6 is 11.6 Å². The van der Waals surface area contributed by atoms with Crippen LogP contribution in [-0.4, -0.2) is 33.4 Å². The maximum Gasteiger partial charge on any atom is 0.258 e. The number of carbonyl (C=O) groups is 1. The molecule has 4 nitrogen and oxygen atoms in total. The molecule has 0 aliphatic carbocycles. The molecule has 0 atom stereocenters. The van der Waals surface area contributed by atoms with Gasteiger partial charge in [0.25, 0.3) is 5.91 Å². The molecule has 1 aromatic carbocycles. The molecule has 23 heavy (non-hydrogen) atoms. The molecule has 1 aliphatic heterocycles. The molecule has 122 valence electrons. The lowest BCUT2D eigenvalue weighted by atomic mass is 9.96. The van der Waals surface area contributed by atoms with E-state index in [1.165, 1.54) is 12.1 Å². The van der Waals surface area contributed by atoms with Gasteiger partial charge in [0.05, 0.1) is 10.6 Å². The lowest BCUT2D eigenvalue weighted by Crippen LogP contribution is -2.39. The highest BCUT2D eigenvalue weighted by Gasteiger charge is 2.27. The average molecular weight is 336 g/mol. The number of carbonyl (C=O) groups excluding carboxylic acids is 1. The van der Waals surface area contributed by atoms with Gasteiger partial charge in [-0.1, -0.05) is 17.7 Å². The number of rotatable bonds is 3. The van der Waals surface area contributed by atoms with Crippen LogP contribution in [-0.2, 0) is 6.54 Å². The number of hydrogen-bond donors (Lipinski definition) is 0. The Labute approximate surface area is 139 Å². The van der Waals surface area contributed by atoms with E-state index in [2.05, 4.69) is 9.55 Å². The molecular formula is C17H19ClFN3O. The molecule has 1 amide bonds. The molecule has 1 saturated heterocycles. The zero-order valence-electron chi connectivity index (χ0n) is 13.0. The number of aromatic nitrogens is 2. The maximum atomic E-state index is 13.9. The second-order valence-electron chi connectivity index (χ2n) is 5.96. The highest BCUT2D eigenvalue weighted by atomic mass is 35.5. The lowest BCUT2D eigenvalue weighted by molar-refractivity contribution is 0.0678. The first-order chi connectivity index (χ1) is 11.1. The Kier molecular flexibility index (Phi) is 4.66. The summed E-state index contributed by atoms with van der Waals surface area (Å²) in [6.45, 7) is 4.15. The van der Waals surface area contributed by atoms with Crippen molar-refractivity contribution in [3.63, 3.8) is 0 Å². The smallest absolute Gasteiger partial charge is 0.258 e. The van der Waals surface area contributed by atoms with E-state index < -0.39 is 5.82 Å². The summed E-state index contributed by atoms with van der Waals surface area (Å²) < 4.78 is 16.0. The molecule has 2 heterocycles. The van der Waals surface area contributed by atoms with Crippen molar-refractivity contribution in [2.45, 2.75) is 26.3 Å². The fourth-order valence-corrected chi connectivity index (χ4v) is 3.30. The normalized spacial score (nSPS) is 15.9. The van der Waals surface area contributed by atoms with Gasteiger partial charge in [-0.15, -0.1) is 0 Å². The van der Waals surface area contributed by atoms with Crippen LogP contribution in [0.15, 0.2) is 30.6 Å². The van der Waals surface area contributed by atoms with Crippen molar-refractivity contribution in [3.8, 4) is 0 Å². The molecule has 2 aromatic rings. The summed E-state index contributed by atoms with van der Waals surface area (Å²) in [6, 6.07) is 4.33. The quantitative estimate of drug-likeness (QED) is 0.860. The van der Waals surface area contributed by atoms with E-state index in [9.17, 15) is 9.18 Å². The first-order valence-electron chi connectivity index (χ1n) is 7.77. The number of halogens is 2. The minimum absolute atomic E-state index is 0.0157. The first kappa shape index (κ1) is 16.0. The number of aryl methyl sites for hydroxylation is 1. The number of benzene rings is 1. The summed E-state index contributed by atoms with van der Waals surface area (Å²) >= 11 is 5.99. The predicted molar refractivity (Wildman–Crippen MR) is 87.0 cm³/mol. The Balaban J connectivity index is 1.63. The van der Waals surface area contributed by atoms with Crippen molar-refractivity contribution in [3.05, 3.63) is 52.8 Å². The second-order valence-corrected chi connectivity index (χ2v) is 6.37. The fourth-order valence-electron chi connectivity index (χ4n) is 3.05. The number of imidazole rings is 1. The summed E-state index contributed by atoms with van der Waals surface area (Å²) in [6.07, 6.45) is 5.57. The van der Waals surface area contributed by atoms with Gasteiger partial charge in [-0.25, -0.2) is 9.37 Å². The molecule has 0 saturated carbocycles. The zero-order chi connectivity index (χ0) is 16.4. The molecule has 0 spiro atoms. The first-order valence-corrected chi connectivity index (χ1v) is 8.15. The van der Waals surface area contributed by atoms with E-state index in [4.69, 9.17) is 11.6 Å². The number of likely N-dealkylation sites (tertiary alicyclic amines) is 1. The highest BCUT2D eigenvalue weighted by Crippen LogP contribution is 2.25. The van der Waals surface area contributed by atoms with Crippen molar-refractivity contribution in [2.24, 2.45) is 5.92 Å². The van der Waals surface area contributed by atoms with E-state index >= 15 is 0 Å². The zero-order valence-corrected chi connectivity index (χ0v) is 13.8. The molecule has 0 N–H and O–H groups in total. The Morgan fingerprint density at radius 1 is 1.39 bits per heavy atom. The lowest BCUT2D eigenvalue weighted by Gasteiger charge is -2.32. The van der Waals surface area contributed by atoms with E-state index in [-0.39, 0.29) is 16.5 Å². The Hall–Kier alpha value is -1.88. The van der Waals surface area contributed by atoms with Crippen molar-refractivity contribution in [1.82, 2.24) is 14.5 Å². The van der Waals surface area contributed by atoms with Gasteiger partial charge in [-0.3, -0.25) is 4.79 Å². The molecule has 0 bridgehead atoms. The molecular weight excluding hydrogens is 317 g/mol. The van der Waals surface area contributed by atoms with Crippen LogP contribution in [0.5, 0.6) is 0 Å². The minimum atomic E-state index is -0.557. The Bertz CT molecular complexity index is 687. The van der Waals surface area contributed by atoms with Crippen molar-refractivity contribution in [1.29, 1.82) is 0 Å². The topological polar surface area (TPSA) is 38.1 Å². The fraction of sp³-hybridized carbons (Fsp3) is 0.412. The van der Waals surface area contributed by atoms with Crippen LogP contribution in [0.25, 0.3) is 0 Å². The molecule has 1 aliphatic rings. The minimum Gasteiger partial charge on any atom is -0.338 e. The number of piperidine rings is 1. The summed E-state index contributed by atoms with van der Waals surface area (Å²) in [5.41, 5.74) is -0.0157. The highest BCUT2D eigenvalue weighted by molar-refractivity contribution is 6.33. The predicted octanol–water partition coefficient (Wildman–Crippen LogP) is 3.54. The Morgan fingerprint density at radius 2 is 2.13 bits per heavy atom. The van der Waals surface area contributed by atoms with Crippen LogP contribution in [0.2, 0.25) is 5.02 Å². The molecule has 6 heteroatoms. The molecule has 3 rings (SSSR count). The van der Waals surface area contributed by atoms with Crippen molar-refractivity contribution >= 4 is 17.5 Å². The maximum absolute atomic E-state index is 13.9. The van der Waals surface area contributed by atoms with Gasteiger partial charge in [0.15, 0.2) is 0 Å². The van der Waals surface area contributed by atoms with Gasteiger partial charge < -0.3 is 9.47 Å². The second kappa shape index (κ2) is 6.71. The van der Waals surface area contributed by atoms with Gasteiger partial charge in [0.1, 0.15) is 11.6 Å². The molecule has 0 radical (unpaired) electrons. The van der Waals surface area contributed by atoms with Gasteiger partial charge in [-0.2, -0.15) is 0 Å². The van der Waals surface area contributed by atoms with E-state index in [0.717, 1.165) is 25.2 Å². The number of amides is 1.